The number of pyridine rings is 2. The molecule has 0 amide bonds. The van der Waals surface area contributed by atoms with Gasteiger partial charge in [0.1, 0.15) is 12.4 Å². The average Bonchev–Trinajstić information content (AvgIpc) is 3.31. The number of esters is 1. The van der Waals surface area contributed by atoms with Crippen LogP contribution in [0.25, 0.3) is 22.3 Å². The van der Waals surface area contributed by atoms with E-state index in [1.807, 2.05) is 0 Å². The number of aliphatic hydroxyl groups excluding tert-OH is 1. The van der Waals surface area contributed by atoms with Crippen LogP contribution in [-0.2, 0) is 39.6 Å². The van der Waals surface area contributed by atoms with E-state index >= 15 is 0 Å². The largest absolute Gasteiger partial charge is 0.458 e. The number of cyclic esters (lactones) is 1. The first-order valence-electron chi connectivity index (χ1n) is 13.5. The van der Waals surface area contributed by atoms with Crippen LogP contribution < -0.4 is 5.56 Å². The molecule has 2 unspecified atom stereocenters. The lowest BCUT2D eigenvalue weighted by Gasteiger charge is -2.53. The van der Waals surface area contributed by atoms with Crippen LogP contribution in [0.1, 0.15) is 54.0 Å². The molecule has 9 nitrogen and oxygen atoms in total. The lowest BCUT2D eigenvalue weighted by atomic mass is 9.83. The van der Waals surface area contributed by atoms with Gasteiger partial charge in [0.25, 0.3) is 5.56 Å². The number of aromatic nitrogens is 2. The van der Waals surface area contributed by atoms with Crippen molar-refractivity contribution in [3.05, 3.63) is 62.2 Å². The van der Waals surface area contributed by atoms with E-state index in [-0.39, 0.29) is 54.8 Å². The van der Waals surface area contributed by atoms with Crippen LogP contribution in [0.15, 0.2) is 23.0 Å². The van der Waals surface area contributed by atoms with Crippen LogP contribution >= 0.6 is 0 Å². The highest BCUT2D eigenvalue weighted by Crippen LogP contribution is 2.43. The number of halogens is 1. The highest BCUT2D eigenvalue weighted by Gasteiger charge is 2.48. The number of aryl methyl sites for hydroxylation is 1. The van der Waals surface area contributed by atoms with E-state index in [0.29, 0.717) is 42.2 Å². The Hall–Kier alpha value is -3.18. The maximum Gasteiger partial charge on any atom is 0.343 e. The molecule has 3 fully saturated rings. The maximum atomic E-state index is 14.8. The molecule has 3 aromatic rings. The van der Waals surface area contributed by atoms with Gasteiger partial charge in [-0.2, -0.15) is 0 Å². The number of morpholine rings is 1. The van der Waals surface area contributed by atoms with E-state index in [9.17, 15) is 24.2 Å². The quantitative estimate of drug-likeness (QED) is 0.383. The maximum absolute atomic E-state index is 14.8. The van der Waals surface area contributed by atoms with Crippen LogP contribution in [0.2, 0.25) is 0 Å². The molecular weight excluding hydrogens is 505 g/mol. The van der Waals surface area contributed by atoms with Crippen molar-refractivity contribution in [2.45, 2.75) is 70.1 Å². The fraction of sp³-hybridized carbons (Fsp3) is 0.483. The third-order valence-corrected chi connectivity index (χ3v) is 9.34. The van der Waals surface area contributed by atoms with E-state index in [4.69, 9.17) is 14.5 Å². The van der Waals surface area contributed by atoms with Crippen LogP contribution in [0.3, 0.4) is 0 Å². The van der Waals surface area contributed by atoms with Gasteiger partial charge in [-0.05, 0) is 49.4 Å². The molecule has 5 aliphatic rings. The summed E-state index contributed by atoms with van der Waals surface area (Å²) in [6.45, 7) is 5.00. The van der Waals surface area contributed by atoms with Gasteiger partial charge in [0, 0.05) is 35.7 Å². The van der Waals surface area contributed by atoms with Gasteiger partial charge in [0.15, 0.2) is 5.60 Å². The van der Waals surface area contributed by atoms with Crippen molar-refractivity contribution < 1.29 is 28.9 Å². The van der Waals surface area contributed by atoms with Gasteiger partial charge in [0.2, 0.25) is 0 Å². The van der Waals surface area contributed by atoms with E-state index in [2.05, 4.69) is 4.90 Å². The molecule has 3 atom stereocenters. The summed E-state index contributed by atoms with van der Waals surface area (Å²) in [5.74, 6) is -1.15. The van der Waals surface area contributed by atoms with Gasteiger partial charge in [-0.25, -0.2) is 14.2 Å². The number of carbonyl (C=O) groups excluding carboxylic acids is 1. The number of hydrogen-bond acceptors (Lipinski definition) is 8. The molecule has 3 saturated heterocycles. The molecule has 7 heterocycles. The molecule has 2 N–H and O–H groups in total. The predicted molar refractivity (Wildman–Crippen MR) is 138 cm³/mol. The number of nitrogens with zero attached hydrogens (tertiary/aromatic N) is 3. The van der Waals surface area contributed by atoms with Gasteiger partial charge in [-0.1, -0.05) is 6.92 Å². The van der Waals surface area contributed by atoms with Crippen molar-refractivity contribution in [2.75, 3.05) is 19.8 Å². The first-order valence-corrected chi connectivity index (χ1v) is 13.5. The highest BCUT2D eigenvalue weighted by molar-refractivity contribution is 5.89. The van der Waals surface area contributed by atoms with Gasteiger partial charge >= 0.3 is 5.97 Å². The zero-order valence-electron chi connectivity index (χ0n) is 21.9. The van der Waals surface area contributed by atoms with Crippen LogP contribution in [-0.4, -0.2) is 62.0 Å². The van der Waals surface area contributed by atoms with E-state index in [1.54, 1.807) is 30.5 Å². The Morgan fingerprint density at radius 3 is 2.77 bits per heavy atom. The standard InChI is InChI=1S/C29H30FN3O6/c1-3-29(37)21-7-24-25-19(11-33(24)26(35)20(21)12-38-27(29)36)18(17-6-15(2)22(30)8-23(17)31-25)10-32-9-16-4-5-28(32,13-34)14-39-16/h6-8,16,34,37H,3-5,9-14H2,1-2H3/t16?,28?,29-/m0/s1. The summed E-state index contributed by atoms with van der Waals surface area (Å²) in [4.78, 5) is 33.3. The highest BCUT2D eigenvalue weighted by atomic mass is 19.1. The summed E-state index contributed by atoms with van der Waals surface area (Å²) in [6, 6.07) is 4.89. The summed E-state index contributed by atoms with van der Waals surface area (Å²) in [6.07, 6.45) is 1.86. The lowest BCUT2D eigenvalue weighted by molar-refractivity contribution is -0.174. The topological polar surface area (TPSA) is 114 Å². The first-order chi connectivity index (χ1) is 18.7. The number of aliphatic hydroxyl groups is 2. The van der Waals surface area contributed by atoms with Crippen LogP contribution in [0.5, 0.6) is 0 Å². The molecule has 8 rings (SSSR count). The molecular formula is C29H30FN3O6. The van der Waals surface area contributed by atoms with Crippen molar-refractivity contribution in [1.82, 2.24) is 14.5 Å². The summed E-state index contributed by atoms with van der Waals surface area (Å²) in [7, 11) is 0. The smallest absolute Gasteiger partial charge is 0.343 e. The molecule has 0 saturated carbocycles. The minimum absolute atomic E-state index is 0.0331. The fourth-order valence-corrected chi connectivity index (χ4v) is 6.81. The number of carbonyl (C=O) groups is 1. The van der Waals surface area contributed by atoms with E-state index < -0.39 is 17.1 Å². The minimum Gasteiger partial charge on any atom is -0.458 e. The van der Waals surface area contributed by atoms with Crippen molar-refractivity contribution in [1.29, 1.82) is 0 Å². The third-order valence-electron chi connectivity index (χ3n) is 9.34. The SMILES string of the molecule is CC[C@@]1(O)C(=O)OCc2c1cc1n(c2=O)Cc2c-1nc1cc(F)c(C)cc1c2CN1CC2CCC1(CO)CO2. The molecule has 2 aromatic heterocycles. The summed E-state index contributed by atoms with van der Waals surface area (Å²) >= 11 is 0. The Labute approximate surface area is 223 Å². The summed E-state index contributed by atoms with van der Waals surface area (Å²) in [5.41, 5.74) is 1.50. The molecule has 204 valence electrons. The Kier molecular flexibility index (Phi) is 5.35. The second-order valence-electron chi connectivity index (χ2n) is 11.4. The Morgan fingerprint density at radius 1 is 1.23 bits per heavy atom. The average molecular weight is 536 g/mol. The Morgan fingerprint density at radius 2 is 2.05 bits per heavy atom. The molecule has 2 bridgehead atoms. The second kappa shape index (κ2) is 8.41. The number of rotatable bonds is 4. The monoisotopic (exact) mass is 535 g/mol. The van der Waals surface area contributed by atoms with Crippen LogP contribution in [0.4, 0.5) is 4.39 Å². The molecule has 10 heteroatoms. The van der Waals surface area contributed by atoms with Gasteiger partial charge in [-0.15, -0.1) is 0 Å². The zero-order valence-corrected chi connectivity index (χ0v) is 21.9. The van der Waals surface area contributed by atoms with E-state index in [0.717, 1.165) is 29.4 Å². The second-order valence-corrected chi connectivity index (χ2v) is 11.4. The van der Waals surface area contributed by atoms with Crippen molar-refractivity contribution in [2.24, 2.45) is 0 Å². The molecule has 0 spiro atoms. The predicted octanol–water partition coefficient (Wildman–Crippen LogP) is 2.25. The summed E-state index contributed by atoms with van der Waals surface area (Å²) < 4.78 is 27.5. The fourth-order valence-electron chi connectivity index (χ4n) is 6.81. The Bertz CT molecular complexity index is 1630. The summed E-state index contributed by atoms with van der Waals surface area (Å²) in [5, 5.41) is 22.4. The molecule has 39 heavy (non-hydrogen) atoms. The third kappa shape index (κ3) is 3.35. The zero-order chi connectivity index (χ0) is 27.3. The van der Waals surface area contributed by atoms with Gasteiger partial charge in [-0.3, -0.25) is 9.69 Å². The van der Waals surface area contributed by atoms with Crippen molar-refractivity contribution in [3.8, 4) is 11.4 Å². The number of benzene rings is 1. The van der Waals surface area contributed by atoms with Crippen molar-refractivity contribution in [3.63, 3.8) is 0 Å². The molecule has 0 radical (unpaired) electrons. The van der Waals surface area contributed by atoms with Crippen LogP contribution in [0, 0.1) is 12.7 Å². The minimum atomic E-state index is -1.92. The number of ether oxygens (including phenoxy) is 2. The normalized spacial score (nSPS) is 27.4. The lowest BCUT2D eigenvalue weighted by Crippen LogP contribution is -2.65. The van der Waals surface area contributed by atoms with Gasteiger partial charge < -0.3 is 24.3 Å². The van der Waals surface area contributed by atoms with Gasteiger partial charge in [0.05, 0.1) is 53.9 Å². The first kappa shape index (κ1) is 24.8. The number of piperidine rings is 1. The van der Waals surface area contributed by atoms with E-state index in [1.165, 1.54) is 6.07 Å². The molecule has 1 aromatic carbocycles. The van der Waals surface area contributed by atoms with Crippen molar-refractivity contribution >= 4 is 16.9 Å². The molecule has 5 aliphatic heterocycles. The Balaban J connectivity index is 1.45. The number of hydrogen-bond donors (Lipinski definition) is 2. The molecule has 0 aliphatic carbocycles. The number of fused-ring (bicyclic) bond motifs is 8.